The van der Waals surface area contributed by atoms with Crippen LogP contribution in [0.3, 0.4) is 0 Å². The first-order valence-electron chi connectivity index (χ1n) is 7.47. The molecule has 22 heavy (non-hydrogen) atoms. The van der Waals surface area contributed by atoms with Crippen molar-refractivity contribution in [3.63, 3.8) is 0 Å². The Kier molecular flexibility index (Phi) is 5.52. The number of carbonyl (C=O) groups excluding carboxylic acids is 1. The third kappa shape index (κ3) is 4.58. The normalized spacial score (nSPS) is 10.8. The zero-order chi connectivity index (χ0) is 15.9. The largest absolute Gasteiger partial charge is 0.481 e. The smallest absolute Gasteiger partial charge is 0.303 e. The highest BCUT2D eigenvalue weighted by atomic mass is 16.4. The number of fused-ring (bicyclic) bond motifs is 1. The predicted octanol–water partition coefficient (Wildman–Crippen LogP) is 2.11. The zero-order valence-corrected chi connectivity index (χ0v) is 12.7. The molecule has 2 N–H and O–H groups in total. The van der Waals surface area contributed by atoms with Crippen LogP contribution >= 0.6 is 0 Å². The van der Waals surface area contributed by atoms with Gasteiger partial charge in [0.25, 0.3) is 0 Å². The summed E-state index contributed by atoms with van der Waals surface area (Å²) in [6, 6.07) is 6.22. The van der Waals surface area contributed by atoms with E-state index in [0.717, 1.165) is 23.9 Å². The van der Waals surface area contributed by atoms with E-state index < -0.39 is 5.97 Å². The van der Waals surface area contributed by atoms with E-state index in [-0.39, 0.29) is 18.7 Å². The van der Waals surface area contributed by atoms with E-state index in [9.17, 15) is 9.59 Å². The molecule has 0 spiro atoms. The van der Waals surface area contributed by atoms with Gasteiger partial charge in [-0.15, -0.1) is 0 Å². The Morgan fingerprint density at radius 1 is 1.27 bits per heavy atom. The zero-order valence-electron chi connectivity index (χ0n) is 12.7. The molecule has 1 aromatic heterocycles. The standard InChI is InChI=1S/C16H21N3O3/c1-12-6-7-13-11-18-19(14(13)10-12)9-3-8-17-15(20)4-2-5-16(21)22/h6-7,10-11H,2-5,8-9H2,1H3,(H,17,20)(H,21,22). The maximum Gasteiger partial charge on any atom is 0.303 e. The molecule has 0 aliphatic rings. The summed E-state index contributed by atoms with van der Waals surface area (Å²) in [5.41, 5.74) is 2.30. The van der Waals surface area contributed by atoms with Gasteiger partial charge in [-0.05, 0) is 31.4 Å². The second-order valence-electron chi connectivity index (χ2n) is 5.38. The third-order valence-corrected chi connectivity index (χ3v) is 3.46. The summed E-state index contributed by atoms with van der Waals surface area (Å²) in [4.78, 5) is 21.9. The lowest BCUT2D eigenvalue weighted by atomic mass is 10.2. The quantitative estimate of drug-likeness (QED) is 0.731. The molecule has 6 heteroatoms. The summed E-state index contributed by atoms with van der Waals surface area (Å²) < 4.78 is 1.94. The van der Waals surface area contributed by atoms with Crippen molar-refractivity contribution in [2.24, 2.45) is 0 Å². The molecule has 1 heterocycles. The van der Waals surface area contributed by atoms with Crippen LogP contribution in [0.1, 0.15) is 31.2 Å². The second kappa shape index (κ2) is 7.59. The van der Waals surface area contributed by atoms with Crippen molar-refractivity contribution in [1.29, 1.82) is 0 Å². The van der Waals surface area contributed by atoms with Crippen LogP contribution in [0.5, 0.6) is 0 Å². The van der Waals surface area contributed by atoms with Crippen molar-refractivity contribution in [2.45, 2.75) is 39.2 Å². The summed E-state index contributed by atoms with van der Waals surface area (Å²) in [6.45, 7) is 3.36. The molecule has 0 fully saturated rings. The van der Waals surface area contributed by atoms with Crippen LogP contribution in [0.15, 0.2) is 24.4 Å². The number of nitrogens with zero attached hydrogens (tertiary/aromatic N) is 2. The minimum Gasteiger partial charge on any atom is -0.481 e. The molecule has 1 amide bonds. The van der Waals surface area contributed by atoms with Crippen LogP contribution in [-0.4, -0.2) is 33.3 Å². The first-order valence-corrected chi connectivity index (χ1v) is 7.47. The van der Waals surface area contributed by atoms with Gasteiger partial charge in [0.15, 0.2) is 0 Å². The molecule has 0 atom stereocenters. The predicted molar refractivity (Wildman–Crippen MR) is 83.6 cm³/mol. The number of rotatable bonds is 8. The molecule has 0 aliphatic carbocycles. The number of aromatic nitrogens is 2. The lowest BCUT2D eigenvalue weighted by Gasteiger charge is -2.06. The number of carboxylic acids is 1. The van der Waals surface area contributed by atoms with Gasteiger partial charge in [0, 0.05) is 31.3 Å². The van der Waals surface area contributed by atoms with Crippen LogP contribution in [0, 0.1) is 6.92 Å². The van der Waals surface area contributed by atoms with Crippen molar-refractivity contribution in [3.05, 3.63) is 30.0 Å². The van der Waals surface area contributed by atoms with Crippen molar-refractivity contribution >= 4 is 22.8 Å². The monoisotopic (exact) mass is 303 g/mol. The number of benzene rings is 1. The van der Waals surface area contributed by atoms with E-state index >= 15 is 0 Å². The number of hydrogen-bond acceptors (Lipinski definition) is 3. The summed E-state index contributed by atoms with van der Waals surface area (Å²) >= 11 is 0. The van der Waals surface area contributed by atoms with Gasteiger partial charge in [-0.25, -0.2) is 0 Å². The molecule has 0 unspecified atom stereocenters. The lowest BCUT2D eigenvalue weighted by molar-refractivity contribution is -0.137. The Bertz CT molecular complexity index is 664. The fourth-order valence-electron chi connectivity index (χ4n) is 2.30. The van der Waals surface area contributed by atoms with Gasteiger partial charge in [0.05, 0.1) is 11.7 Å². The van der Waals surface area contributed by atoms with Crippen molar-refractivity contribution in [1.82, 2.24) is 15.1 Å². The summed E-state index contributed by atoms with van der Waals surface area (Å²) in [6.07, 6.45) is 3.31. The summed E-state index contributed by atoms with van der Waals surface area (Å²) in [7, 11) is 0. The highest BCUT2D eigenvalue weighted by molar-refractivity contribution is 5.79. The molecule has 0 aliphatic heterocycles. The lowest BCUT2D eigenvalue weighted by Crippen LogP contribution is -2.25. The van der Waals surface area contributed by atoms with Gasteiger partial charge in [-0.3, -0.25) is 14.3 Å². The third-order valence-electron chi connectivity index (χ3n) is 3.46. The van der Waals surface area contributed by atoms with Crippen molar-refractivity contribution in [2.75, 3.05) is 6.54 Å². The molecule has 0 radical (unpaired) electrons. The maximum absolute atomic E-state index is 11.5. The van der Waals surface area contributed by atoms with Gasteiger partial charge >= 0.3 is 5.97 Å². The fraction of sp³-hybridized carbons (Fsp3) is 0.438. The average Bonchev–Trinajstić information content (AvgIpc) is 2.85. The van der Waals surface area contributed by atoms with E-state index in [2.05, 4.69) is 28.6 Å². The van der Waals surface area contributed by atoms with Crippen molar-refractivity contribution < 1.29 is 14.7 Å². The molecule has 2 aromatic rings. The number of nitrogens with one attached hydrogen (secondary N) is 1. The van der Waals surface area contributed by atoms with Crippen LogP contribution in [0.4, 0.5) is 0 Å². The molecule has 0 bridgehead atoms. The fourth-order valence-corrected chi connectivity index (χ4v) is 2.30. The van der Waals surface area contributed by atoms with E-state index in [4.69, 9.17) is 5.11 Å². The summed E-state index contributed by atoms with van der Waals surface area (Å²) in [5.74, 6) is -0.962. The van der Waals surface area contributed by atoms with E-state index in [1.54, 1.807) is 0 Å². The minimum atomic E-state index is -0.867. The van der Waals surface area contributed by atoms with Gasteiger partial charge in [0.1, 0.15) is 0 Å². The van der Waals surface area contributed by atoms with Gasteiger partial charge in [-0.1, -0.05) is 12.1 Å². The Hall–Kier alpha value is -2.37. The van der Waals surface area contributed by atoms with Crippen LogP contribution in [-0.2, 0) is 16.1 Å². The van der Waals surface area contributed by atoms with E-state index in [1.807, 2.05) is 17.8 Å². The molecule has 118 valence electrons. The van der Waals surface area contributed by atoms with Crippen LogP contribution in [0.25, 0.3) is 10.9 Å². The van der Waals surface area contributed by atoms with Crippen molar-refractivity contribution in [3.8, 4) is 0 Å². The Labute approximate surface area is 129 Å². The molecule has 1 aromatic carbocycles. The second-order valence-corrected chi connectivity index (χ2v) is 5.38. The topological polar surface area (TPSA) is 84.2 Å². The minimum absolute atomic E-state index is 0.0338. The van der Waals surface area contributed by atoms with E-state index in [1.165, 1.54) is 5.56 Å². The van der Waals surface area contributed by atoms with Crippen LogP contribution < -0.4 is 5.32 Å². The van der Waals surface area contributed by atoms with E-state index in [0.29, 0.717) is 13.0 Å². The van der Waals surface area contributed by atoms with Crippen LogP contribution in [0.2, 0.25) is 0 Å². The molecule has 2 rings (SSSR count). The number of carbonyl (C=O) groups is 2. The first kappa shape index (κ1) is 16.0. The molecular formula is C16H21N3O3. The Morgan fingerprint density at radius 3 is 2.86 bits per heavy atom. The first-order chi connectivity index (χ1) is 10.6. The molecular weight excluding hydrogens is 282 g/mol. The number of aryl methyl sites for hydroxylation is 2. The van der Waals surface area contributed by atoms with Gasteiger partial charge in [-0.2, -0.15) is 5.10 Å². The number of aliphatic carboxylic acids is 1. The highest BCUT2D eigenvalue weighted by Crippen LogP contribution is 2.15. The molecule has 0 saturated heterocycles. The summed E-state index contributed by atoms with van der Waals surface area (Å²) in [5, 5.41) is 16.8. The number of hydrogen-bond donors (Lipinski definition) is 2. The number of amides is 1. The number of carboxylic acid groups (broad SMARTS) is 1. The van der Waals surface area contributed by atoms with Gasteiger partial charge < -0.3 is 10.4 Å². The van der Waals surface area contributed by atoms with Gasteiger partial charge in [0.2, 0.25) is 5.91 Å². The average molecular weight is 303 g/mol. The molecule has 0 saturated carbocycles. The SMILES string of the molecule is Cc1ccc2cnn(CCCNC(=O)CCCC(=O)O)c2c1. The molecule has 6 nitrogen and oxygen atoms in total. The maximum atomic E-state index is 11.5. The Balaban J connectivity index is 1.73. The highest BCUT2D eigenvalue weighted by Gasteiger charge is 2.05. The Morgan fingerprint density at radius 2 is 2.09 bits per heavy atom.